The molecule has 2 amide bonds. The second kappa shape index (κ2) is 11.9. The van der Waals surface area contributed by atoms with E-state index in [0.29, 0.717) is 28.7 Å². The summed E-state index contributed by atoms with van der Waals surface area (Å²) in [5, 5.41) is 5.68. The van der Waals surface area contributed by atoms with Crippen LogP contribution in [0, 0.1) is 5.82 Å². The summed E-state index contributed by atoms with van der Waals surface area (Å²) in [6, 6.07) is 10.9. The van der Waals surface area contributed by atoms with Gasteiger partial charge in [0.15, 0.2) is 11.5 Å². The molecule has 2 N–H and O–H groups in total. The number of hydrogen-bond donors (Lipinski definition) is 2. The number of amides is 2. The Morgan fingerprint density at radius 2 is 1.73 bits per heavy atom. The number of benzene rings is 3. The number of nitrogens with one attached hydrogen (secondary N) is 2. The van der Waals surface area contributed by atoms with Gasteiger partial charge in [0.25, 0.3) is 0 Å². The monoisotopic (exact) mass is 557 g/mol. The minimum atomic E-state index is -4.66. The van der Waals surface area contributed by atoms with Crippen molar-refractivity contribution >= 4 is 46.9 Å². The Kier molecular flexibility index (Phi) is 8.95. The SMILES string of the molecule is COc1cc(/C=N/NC(=O)C(=O)Nc2cc(C(F)(F)F)ccc2Cl)ccc1OCc1ccc(F)cc1Cl. The van der Waals surface area contributed by atoms with Crippen molar-refractivity contribution in [2.45, 2.75) is 12.8 Å². The van der Waals surface area contributed by atoms with E-state index in [9.17, 15) is 27.2 Å². The van der Waals surface area contributed by atoms with Crippen molar-refractivity contribution in [3.63, 3.8) is 0 Å². The third-order valence-electron chi connectivity index (χ3n) is 4.71. The highest BCUT2D eigenvalue weighted by atomic mass is 35.5. The first-order valence-electron chi connectivity index (χ1n) is 10.2. The molecule has 13 heteroatoms. The van der Waals surface area contributed by atoms with Crippen LogP contribution >= 0.6 is 23.2 Å². The lowest BCUT2D eigenvalue weighted by Gasteiger charge is -2.12. The Balaban J connectivity index is 1.60. The number of anilines is 1. The molecule has 37 heavy (non-hydrogen) atoms. The summed E-state index contributed by atoms with van der Waals surface area (Å²) in [5.74, 6) is -2.34. The first kappa shape index (κ1) is 27.8. The number of hydrogen-bond acceptors (Lipinski definition) is 5. The summed E-state index contributed by atoms with van der Waals surface area (Å²) in [6.45, 7) is 0.0456. The Morgan fingerprint density at radius 3 is 2.41 bits per heavy atom. The Morgan fingerprint density at radius 1 is 0.973 bits per heavy atom. The molecule has 0 aliphatic rings. The van der Waals surface area contributed by atoms with Gasteiger partial charge < -0.3 is 14.8 Å². The van der Waals surface area contributed by atoms with E-state index in [1.165, 1.54) is 37.6 Å². The van der Waals surface area contributed by atoms with E-state index in [4.69, 9.17) is 32.7 Å². The lowest BCUT2D eigenvalue weighted by molar-refractivity contribution is -0.137. The van der Waals surface area contributed by atoms with Gasteiger partial charge in [0.05, 0.1) is 34.6 Å². The van der Waals surface area contributed by atoms with Crippen LogP contribution in [0.25, 0.3) is 0 Å². The van der Waals surface area contributed by atoms with Crippen molar-refractivity contribution in [3.8, 4) is 11.5 Å². The zero-order chi connectivity index (χ0) is 27.2. The number of rotatable bonds is 7. The van der Waals surface area contributed by atoms with Crippen LogP contribution in [0.1, 0.15) is 16.7 Å². The molecule has 0 unspecified atom stereocenters. The molecule has 0 fully saturated rings. The van der Waals surface area contributed by atoms with Crippen LogP contribution in [0.3, 0.4) is 0 Å². The number of alkyl halides is 3. The molecule has 194 valence electrons. The molecule has 0 bridgehead atoms. The maximum absolute atomic E-state index is 13.2. The van der Waals surface area contributed by atoms with Gasteiger partial charge >= 0.3 is 18.0 Å². The summed E-state index contributed by atoms with van der Waals surface area (Å²) in [6.07, 6.45) is -3.46. The average Bonchev–Trinajstić information content (AvgIpc) is 2.84. The van der Waals surface area contributed by atoms with E-state index in [0.717, 1.165) is 12.1 Å². The van der Waals surface area contributed by atoms with Gasteiger partial charge in [-0.1, -0.05) is 29.3 Å². The van der Waals surface area contributed by atoms with Gasteiger partial charge in [-0.3, -0.25) is 9.59 Å². The van der Waals surface area contributed by atoms with Crippen LogP contribution in [-0.2, 0) is 22.4 Å². The highest BCUT2D eigenvalue weighted by molar-refractivity contribution is 6.41. The fourth-order valence-electron chi connectivity index (χ4n) is 2.87. The topological polar surface area (TPSA) is 89.0 Å². The van der Waals surface area contributed by atoms with E-state index < -0.39 is 29.4 Å². The Labute approximate surface area is 218 Å². The second-order valence-electron chi connectivity index (χ2n) is 7.28. The highest BCUT2D eigenvalue weighted by Crippen LogP contribution is 2.34. The minimum absolute atomic E-state index is 0.0456. The van der Waals surface area contributed by atoms with E-state index in [-0.39, 0.29) is 22.3 Å². The standard InChI is InChI=1S/C24H17Cl2F4N3O4/c1-36-21-8-13(2-7-20(21)37-12-14-3-5-16(27)10-18(14)26)11-31-33-23(35)22(34)32-19-9-15(24(28,29)30)4-6-17(19)25/h2-11H,12H2,1H3,(H,32,34)(H,33,35)/b31-11+. The summed E-state index contributed by atoms with van der Waals surface area (Å²) in [5.41, 5.74) is 1.53. The lowest BCUT2D eigenvalue weighted by atomic mass is 10.2. The number of nitrogens with zero attached hydrogens (tertiary/aromatic N) is 1. The first-order valence-corrected chi connectivity index (χ1v) is 11.0. The number of ether oxygens (including phenoxy) is 2. The quantitative estimate of drug-likeness (QED) is 0.165. The minimum Gasteiger partial charge on any atom is -0.493 e. The molecule has 0 saturated carbocycles. The van der Waals surface area contributed by atoms with E-state index in [2.05, 4.69) is 5.10 Å². The zero-order valence-corrected chi connectivity index (χ0v) is 20.3. The lowest BCUT2D eigenvalue weighted by Crippen LogP contribution is -2.32. The number of hydrazone groups is 1. The molecule has 0 aliphatic heterocycles. The van der Waals surface area contributed by atoms with Crippen molar-refractivity contribution in [1.82, 2.24) is 5.43 Å². The molecule has 7 nitrogen and oxygen atoms in total. The van der Waals surface area contributed by atoms with Crippen LogP contribution in [0.15, 0.2) is 59.7 Å². The fraction of sp³-hybridized carbons (Fsp3) is 0.125. The van der Waals surface area contributed by atoms with E-state index in [1.807, 2.05) is 10.7 Å². The van der Waals surface area contributed by atoms with Crippen molar-refractivity contribution in [2.75, 3.05) is 12.4 Å². The van der Waals surface area contributed by atoms with Crippen LogP contribution in [0.4, 0.5) is 23.2 Å². The molecule has 0 heterocycles. The van der Waals surface area contributed by atoms with Gasteiger partial charge in [-0.25, -0.2) is 9.82 Å². The molecule has 0 saturated heterocycles. The smallest absolute Gasteiger partial charge is 0.416 e. The number of carbonyl (C=O) groups excluding carboxylic acids is 2. The number of halogens is 6. The van der Waals surface area contributed by atoms with Crippen LogP contribution in [-0.4, -0.2) is 25.1 Å². The summed E-state index contributed by atoms with van der Waals surface area (Å²) < 4.78 is 62.7. The van der Waals surface area contributed by atoms with Gasteiger partial charge in [-0.2, -0.15) is 18.3 Å². The van der Waals surface area contributed by atoms with E-state index >= 15 is 0 Å². The van der Waals surface area contributed by atoms with Crippen molar-refractivity contribution < 1.29 is 36.6 Å². The van der Waals surface area contributed by atoms with Crippen LogP contribution < -0.4 is 20.2 Å². The third kappa shape index (κ3) is 7.58. The molecule has 3 aromatic carbocycles. The van der Waals surface area contributed by atoms with Gasteiger partial charge in [-0.15, -0.1) is 0 Å². The second-order valence-corrected chi connectivity index (χ2v) is 8.09. The maximum Gasteiger partial charge on any atom is 0.416 e. The predicted octanol–water partition coefficient (Wildman–Crippen LogP) is 5.83. The van der Waals surface area contributed by atoms with Gasteiger partial charge in [0.1, 0.15) is 12.4 Å². The summed E-state index contributed by atoms with van der Waals surface area (Å²) in [7, 11) is 1.40. The number of carbonyl (C=O) groups is 2. The Hall–Kier alpha value is -3.83. The molecule has 3 rings (SSSR count). The molecule has 0 aromatic heterocycles. The average molecular weight is 558 g/mol. The summed E-state index contributed by atoms with van der Waals surface area (Å²) >= 11 is 11.8. The maximum atomic E-state index is 13.2. The van der Waals surface area contributed by atoms with Crippen molar-refractivity contribution in [1.29, 1.82) is 0 Å². The Bertz CT molecular complexity index is 1350. The molecular weight excluding hydrogens is 541 g/mol. The third-order valence-corrected chi connectivity index (χ3v) is 5.40. The molecule has 0 spiro atoms. The fourth-order valence-corrected chi connectivity index (χ4v) is 3.26. The zero-order valence-electron chi connectivity index (χ0n) is 18.8. The molecule has 0 radical (unpaired) electrons. The van der Waals surface area contributed by atoms with Gasteiger partial charge in [0, 0.05) is 5.56 Å². The summed E-state index contributed by atoms with van der Waals surface area (Å²) in [4.78, 5) is 24.0. The number of methoxy groups -OCH3 is 1. The first-order chi connectivity index (χ1) is 17.5. The molecular formula is C24H17Cl2F4N3O4. The van der Waals surface area contributed by atoms with Crippen LogP contribution in [0.5, 0.6) is 11.5 Å². The van der Waals surface area contributed by atoms with Gasteiger partial charge in [0.2, 0.25) is 0 Å². The molecule has 0 aliphatic carbocycles. The molecule has 0 atom stereocenters. The predicted molar refractivity (Wildman–Crippen MR) is 130 cm³/mol. The van der Waals surface area contributed by atoms with Crippen molar-refractivity contribution in [2.24, 2.45) is 5.10 Å². The molecule has 3 aromatic rings. The van der Waals surface area contributed by atoms with E-state index in [1.54, 1.807) is 12.1 Å². The normalized spacial score (nSPS) is 11.3. The van der Waals surface area contributed by atoms with Crippen LogP contribution in [0.2, 0.25) is 10.0 Å². The van der Waals surface area contributed by atoms with Gasteiger partial charge in [-0.05, 0) is 54.1 Å². The van der Waals surface area contributed by atoms with Crippen molar-refractivity contribution in [3.05, 3.63) is 87.2 Å². The highest BCUT2D eigenvalue weighted by Gasteiger charge is 2.31. The largest absolute Gasteiger partial charge is 0.493 e.